The number of hydrogen-bond donors (Lipinski definition) is 2. The van der Waals surface area contributed by atoms with E-state index in [1.54, 1.807) is 21.2 Å². The van der Waals surface area contributed by atoms with E-state index in [4.69, 9.17) is 0 Å². The Labute approximate surface area is 172 Å². The molecule has 0 saturated carbocycles. The Morgan fingerprint density at radius 3 is 2.62 bits per heavy atom. The van der Waals surface area contributed by atoms with Crippen molar-refractivity contribution in [1.29, 1.82) is 0 Å². The van der Waals surface area contributed by atoms with Gasteiger partial charge in [0, 0.05) is 49.0 Å². The summed E-state index contributed by atoms with van der Waals surface area (Å²) < 4.78 is 1.71. The molecule has 0 aliphatic carbocycles. The molecule has 3 aromatic rings. The normalized spacial score (nSPS) is 14.6. The number of piperidine rings is 1. The lowest BCUT2D eigenvalue weighted by atomic mass is 10.1. The van der Waals surface area contributed by atoms with Gasteiger partial charge in [-0.1, -0.05) is 18.2 Å². The molecule has 2 aromatic heterocycles. The Kier molecular flexibility index (Phi) is 5.57. The number of para-hydroxylation sites is 1. The van der Waals surface area contributed by atoms with Gasteiger partial charge >= 0.3 is 6.03 Å². The second kappa shape index (κ2) is 8.44. The minimum atomic E-state index is -0.177. The van der Waals surface area contributed by atoms with E-state index in [0.29, 0.717) is 31.6 Å². The van der Waals surface area contributed by atoms with Crippen LogP contribution in [0, 0.1) is 0 Å². The maximum absolute atomic E-state index is 12.5. The highest BCUT2D eigenvalue weighted by Gasteiger charge is 2.25. The second-order valence-corrected chi connectivity index (χ2v) is 7.83. The first kappa shape index (κ1) is 19.1. The number of rotatable bonds is 4. The van der Waals surface area contributed by atoms with Crippen LogP contribution in [0.5, 0.6) is 0 Å². The van der Waals surface area contributed by atoms with Gasteiger partial charge < -0.3 is 15.5 Å². The van der Waals surface area contributed by atoms with E-state index < -0.39 is 0 Å². The van der Waals surface area contributed by atoms with Crippen molar-refractivity contribution in [3.8, 4) is 10.6 Å². The molecule has 3 amide bonds. The standard InChI is InChI=1S/C20H22N6O2S/c1-25-12-14(11-21-25)19-24-17(13-29-19)18(27)22-16-7-9-26(10-8-16)20(28)23-15-5-3-2-4-6-15/h2-6,11-13,16H,7-10H2,1H3,(H,22,27)(H,23,28). The predicted molar refractivity (Wildman–Crippen MR) is 112 cm³/mol. The molecule has 0 unspecified atom stereocenters. The van der Waals surface area contributed by atoms with Crippen LogP contribution in [0.1, 0.15) is 23.3 Å². The summed E-state index contributed by atoms with van der Waals surface area (Å²) in [6.07, 6.45) is 5.04. The maximum atomic E-state index is 12.5. The van der Waals surface area contributed by atoms with Crippen LogP contribution < -0.4 is 10.6 Å². The Morgan fingerprint density at radius 2 is 1.93 bits per heavy atom. The zero-order chi connectivity index (χ0) is 20.2. The number of aromatic nitrogens is 3. The highest BCUT2D eigenvalue weighted by Crippen LogP contribution is 2.23. The van der Waals surface area contributed by atoms with Crippen LogP contribution in [-0.2, 0) is 7.05 Å². The van der Waals surface area contributed by atoms with E-state index in [1.165, 1.54) is 11.3 Å². The van der Waals surface area contributed by atoms with E-state index >= 15 is 0 Å². The molecule has 1 fully saturated rings. The van der Waals surface area contributed by atoms with Crippen LogP contribution >= 0.6 is 11.3 Å². The SMILES string of the molecule is Cn1cc(-c2nc(C(=O)NC3CCN(C(=O)Nc4ccccc4)CC3)cs2)cn1. The third kappa shape index (κ3) is 4.62. The number of thiazole rings is 1. The average Bonchev–Trinajstić information content (AvgIpc) is 3.38. The largest absolute Gasteiger partial charge is 0.348 e. The van der Waals surface area contributed by atoms with E-state index in [-0.39, 0.29) is 18.0 Å². The molecule has 3 heterocycles. The molecule has 0 atom stereocenters. The van der Waals surface area contributed by atoms with Crippen LogP contribution in [0.4, 0.5) is 10.5 Å². The molecule has 1 aliphatic heterocycles. The predicted octanol–water partition coefficient (Wildman–Crippen LogP) is 2.97. The van der Waals surface area contributed by atoms with Crippen molar-refractivity contribution in [1.82, 2.24) is 25.0 Å². The van der Waals surface area contributed by atoms with Gasteiger partial charge in [0.1, 0.15) is 10.7 Å². The van der Waals surface area contributed by atoms with Gasteiger partial charge in [-0.05, 0) is 25.0 Å². The molecular formula is C20H22N6O2S. The van der Waals surface area contributed by atoms with E-state index in [2.05, 4.69) is 20.7 Å². The molecule has 1 aromatic carbocycles. The number of hydrogen-bond acceptors (Lipinski definition) is 5. The summed E-state index contributed by atoms with van der Waals surface area (Å²) in [5, 5.41) is 12.6. The third-order valence-electron chi connectivity index (χ3n) is 4.83. The van der Waals surface area contributed by atoms with Gasteiger partial charge in [-0.3, -0.25) is 9.48 Å². The number of nitrogens with zero attached hydrogens (tertiary/aromatic N) is 4. The Balaban J connectivity index is 1.28. The Bertz CT molecular complexity index is 991. The lowest BCUT2D eigenvalue weighted by molar-refractivity contribution is 0.0915. The first-order valence-electron chi connectivity index (χ1n) is 9.45. The molecule has 29 heavy (non-hydrogen) atoms. The molecule has 2 N–H and O–H groups in total. The van der Waals surface area contributed by atoms with Gasteiger partial charge in [0.2, 0.25) is 0 Å². The van der Waals surface area contributed by atoms with Crippen molar-refractivity contribution in [2.75, 3.05) is 18.4 Å². The number of benzene rings is 1. The summed E-state index contributed by atoms with van der Waals surface area (Å²) in [6.45, 7) is 1.20. The second-order valence-electron chi connectivity index (χ2n) is 6.97. The molecular weight excluding hydrogens is 388 g/mol. The van der Waals surface area contributed by atoms with Crippen molar-refractivity contribution in [3.63, 3.8) is 0 Å². The minimum absolute atomic E-state index is 0.0341. The van der Waals surface area contributed by atoms with Crippen LogP contribution in [0.15, 0.2) is 48.1 Å². The zero-order valence-corrected chi connectivity index (χ0v) is 16.9. The summed E-state index contributed by atoms with van der Waals surface area (Å²) in [5.74, 6) is -0.177. The van der Waals surface area contributed by atoms with E-state index in [9.17, 15) is 9.59 Å². The molecule has 1 aliphatic rings. The van der Waals surface area contributed by atoms with Crippen molar-refractivity contribution in [2.24, 2.45) is 7.05 Å². The van der Waals surface area contributed by atoms with E-state index in [0.717, 1.165) is 16.3 Å². The summed E-state index contributed by atoms with van der Waals surface area (Å²) in [4.78, 5) is 31.1. The quantitative estimate of drug-likeness (QED) is 0.692. The topological polar surface area (TPSA) is 92.2 Å². The molecule has 0 spiro atoms. The minimum Gasteiger partial charge on any atom is -0.348 e. The van der Waals surface area contributed by atoms with Crippen molar-refractivity contribution in [3.05, 3.63) is 53.8 Å². The number of urea groups is 1. The zero-order valence-electron chi connectivity index (χ0n) is 16.0. The fourth-order valence-corrected chi connectivity index (χ4v) is 4.03. The summed E-state index contributed by atoms with van der Waals surface area (Å²) in [6, 6.07) is 9.32. The molecule has 4 rings (SSSR count). The smallest absolute Gasteiger partial charge is 0.321 e. The van der Waals surface area contributed by atoms with Crippen LogP contribution in [0.3, 0.4) is 0 Å². The van der Waals surface area contributed by atoms with Gasteiger partial charge in [0.15, 0.2) is 0 Å². The Morgan fingerprint density at radius 1 is 1.17 bits per heavy atom. The average molecular weight is 411 g/mol. The van der Waals surface area contributed by atoms with Crippen LogP contribution in [-0.4, -0.2) is 50.7 Å². The number of carbonyl (C=O) groups is 2. The van der Waals surface area contributed by atoms with Gasteiger partial charge in [0.05, 0.1) is 6.20 Å². The number of likely N-dealkylation sites (tertiary alicyclic amines) is 1. The van der Waals surface area contributed by atoms with Crippen molar-refractivity contribution in [2.45, 2.75) is 18.9 Å². The van der Waals surface area contributed by atoms with Crippen molar-refractivity contribution >= 4 is 29.0 Å². The van der Waals surface area contributed by atoms with Crippen molar-refractivity contribution < 1.29 is 9.59 Å². The highest BCUT2D eigenvalue weighted by atomic mass is 32.1. The fraction of sp³-hybridized carbons (Fsp3) is 0.300. The van der Waals surface area contributed by atoms with Gasteiger partial charge in [-0.25, -0.2) is 9.78 Å². The Hall–Kier alpha value is -3.20. The first-order valence-corrected chi connectivity index (χ1v) is 10.3. The fourth-order valence-electron chi connectivity index (χ4n) is 3.25. The highest BCUT2D eigenvalue weighted by molar-refractivity contribution is 7.13. The summed E-state index contributed by atoms with van der Waals surface area (Å²) in [7, 11) is 1.84. The lowest BCUT2D eigenvalue weighted by Gasteiger charge is -2.32. The number of carbonyl (C=O) groups excluding carboxylic acids is 2. The molecule has 9 heteroatoms. The van der Waals surface area contributed by atoms with Gasteiger partial charge in [0.25, 0.3) is 5.91 Å². The third-order valence-corrected chi connectivity index (χ3v) is 5.72. The summed E-state index contributed by atoms with van der Waals surface area (Å²) >= 11 is 1.43. The van der Waals surface area contributed by atoms with E-state index in [1.807, 2.05) is 43.6 Å². The molecule has 1 saturated heterocycles. The van der Waals surface area contributed by atoms with Crippen LogP contribution in [0.25, 0.3) is 10.6 Å². The summed E-state index contributed by atoms with van der Waals surface area (Å²) in [5.41, 5.74) is 2.09. The number of amides is 3. The number of anilines is 1. The molecule has 150 valence electrons. The first-order chi connectivity index (χ1) is 14.1. The number of aryl methyl sites for hydroxylation is 1. The molecule has 8 nitrogen and oxygen atoms in total. The maximum Gasteiger partial charge on any atom is 0.321 e. The number of nitrogens with one attached hydrogen (secondary N) is 2. The molecule has 0 bridgehead atoms. The monoisotopic (exact) mass is 410 g/mol. The lowest BCUT2D eigenvalue weighted by Crippen LogP contribution is -2.47. The molecule has 0 radical (unpaired) electrons. The van der Waals surface area contributed by atoms with Gasteiger partial charge in [-0.2, -0.15) is 5.10 Å². The van der Waals surface area contributed by atoms with Gasteiger partial charge in [-0.15, -0.1) is 11.3 Å². The van der Waals surface area contributed by atoms with Crippen LogP contribution in [0.2, 0.25) is 0 Å².